The van der Waals surface area contributed by atoms with E-state index in [9.17, 15) is 8.78 Å². The molecule has 1 aliphatic heterocycles. The molecule has 1 saturated heterocycles. The number of hydrogen-bond acceptors (Lipinski definition) is 2. The van der Waals surface area contributed by atoms with Crippen LogP contribution in [0.5, 0.6) is 0 Å². The Morgan fingerprint density at radius 2 is 1.72 bits per heavy atom. The average molecular weight is 344 g/mol. The van der Waals surface area contributed by atoms with E-state index in [1.165, 1.54) is 30.0 Å². The van der Waals surface area contributed by atoms with E-state index in [0.717, 1.165) is 44.5 Å². The highest BCUT2D eigenvalue weighted by Gasteiger charge is 2.14. The number of unbranched alkanes of at least 4 members (excludes halogenated alkanes) is 1. The van der Waals surface area contributed by atoms with E-state index in [1.54, 1.807) is 0 Å². The van der Waals surface area contributed by atoms with Crippen molar-refractivity contribution >= 4 is 5.69 Å². The lowest BCUT2D eigenvalue weighted by molar-refractivity contribution is 0.460. The molecule has 0 bridgehead atoms. The molecule has 0 amide bonds. The van der Waals surface area contributed by atoms with Gasteiger partial charge in [-0.1, -0.05) is 24.3 Å². The van der Waals surface area contributed by atoms with E-state index in [-0.39, 0.29) is 5.69 Å². The standard InChI is InChI=1S/C21H26F2N2/c22-19-8-9-20(23)21(15-19)25-12-2-1-3-16-4-6-17(7-5-16)18-10-13-24-14-11-18/h4-9,15,18,24-25H,1-3,10-14H2. The van der Waals surface area contributed by atoms with Crippen molar-refractivity contribution in [3.05, 3.63) is 65.2 Å². The first-order valence-corrected chi connectivity index (χ1v) is 9.21. The second kappa shape index (κ2) is 8.95. The summed E-state index contributed by atoms with van der Waals surface area (Å²) in [6, 6.07) is 12.5. The second-order valence-corrected chi connectivity index (χ2v) is 6.77. The Balaban J connectivity index is 1.39. The first kappa shape index (κ1) is 17.9. The third kappa shape index (κ3) is 5.27. The monoisotopic (exact) mass is 344 g/mol. The van der Waals surface area contributed by atoms with Crippen LogP contribution in [0.15, 0.2) is 42.5 Å². The molecular weight excluding hydrogens is 318 g/mol. The molecule has 0 aliphatic carbocycles. The van der Waals surface area contributed by atoms with Gasteiger partial charge in [-0.05, 0) is 80.4 Å². The van der Waals surface area contributed by atoms with Crippen molar-refractivity contribution in [2.45, 2.75) is 38.0 Å². The minimum Gasteiger partial charge on any atom is -0.383 e. The number of hydrogen-bond donors (Lipinski definition) is 2. The molecule has 2 nitrogen and oxygen atoms in total. The van der Waals surface area contributed by atoms with Crippen molar-refractivity contribution in [3.63, 3.8) is 0 Å². The highest BCUT2D eigenvalue weighted by Crippen LogP contribution is 2.25. The summed E-state index contributed by atoms with van der Waals surface area (Å²) >= 11 is 0. The Morgan fingerprint density at radius 1 is 0.960 bits per heavy atom. The first-order valence-electron chi connectivity index (χ1n) is 9.21. The molecule has 2 aromatic rings. The Morgan fingerprint density at radius 3 is 2.48 bits per heavy atom. The smallest absolute Gasteiger partial charge is 0.146 e. The number of halogens is 2. The number of aryl methyl sites for hydroxylation is 1. The van der Waals surface area contributed by atoms with Crippen LogP contribution < -0.4 is 10.6 Å². The maximum Gasteiger partial charge on any atom is 0.146 e. The molecule has 0 aromatic heterocycles. The van der Waals surface area contributed by atoms with Crippen molar-refractivity contribution in [3.8, 4) is 0 Å². The molecule has 0 spiro atoms. The summed E-state index contributed by atoms with van der Waals surface area (Å²) in [4.78, 5) is 0. The lowest BCUT2D eigenvalue weighted by Crippen LogP contribution is -2.26. The maximum atomic E-state index is 13.5. The predicted molar refractivity (Wildman–Crippen MR) is 99.1 cm³/mol. The number of nitrogens with one attached hydrogen (secondary N) is 2. The predicted octanol–water partition coefficient (Wildman–Crippen LogP) is 4.87. The highest BCUT2D eigenvalue weighted by molar-refractivity contribution is 5.44. The lowest BCUT2D eigenvalue weighted by Gasteiger charge is -2.23. The molecule has 25 heavy (non-hydrogen) atoms. The van der Waals surface area contributed by atoms with Crippen molar-refractivity contribution < 1.29 is 8.78 Å². The number of rotatable bonds is 7. The molecule has 2 aromatic carbocycles. The van der Waals surface area contributed by atoms with Gasteiger partial charge in [-0.25, -0.2) is 8.78 Å². The van der Waals surface area contributed by atoms with Gasteiger partial charge in [0, 0.05) is 6.54 Å². The lowest BCUT2D eigenvalue weighted by atomic mass is 9.89. The van der Waals surface area contributed by atoms with Crippen molar-refractivity contribution in [2.75, 3.05) is 25.0 Å². The Bertz CT molecular complexity index is 664. The Hall–Kier alpha value is -1.94. The van der Waals surface area contributed by atoms with E-state index in [1.807, 2.05) is 0 Å². The van der Waals surface area contributed by atoms with Gasteiger partial charge in [0.15, 0.2) is 0 Å². The molecule has 1 fully saturated rings. The molecule has 0 radical (unpaired) electrons. The third-order valence-corrected chi connectivity index (χ3v) is 4.93. The van der Waals surface area contributed by atoms with Gasteiger partial charge < -0.3 is 10.6 Å². The van der Waals surface area contributed by atoms with Crippen molar-refractivity contribution in [1.29, 1.82) is 0 Å². The van der Waals surface area contributed by atoms with Crippen LogP contribution in [0.1, 0.15) is 42.7 Å². The summed E-state index contributed by atoms with van der Waals surface area (Å²) in [5.41, 5.74) is 3.04. The molecule has 0 atom stereocenters. The van der Waals surface area contributed by atoms with Crippen LogP contribution in [0.2, 0.25) is 0 Å². The van der Waals surface area contributed by atoms with Crippen molar-refractivity contribution in [2.24, 2.45) is 0 Å². The fraction of sp³-hybridized carbons (Fsp3) is 0.429. The molecule has 4 heteroatoms. The van der Waals surface area contributed by atoms with Crippen LogP contribution in [0, 0.1) is 11.6 Å². The van der Waals surface area contributed by atoms with E-state index in [2.05, 4.69) is 34.9 Å². The van der Waals surface area contributed by atoms with Gasteiger partial charge in [-0.2, -0.15) is 0 Å². The van der Waals surface area contributed by atoms with Crippen LogP contribution >= 0.6 is 0 Å². The van der Waals surface area contributed by atoms with Crippen LogP contribution in [0.25, 0.3) is 0 Å². The number of piperidine rings is 1. The van der Waals surface area contributed by atoms with Gasteiger partial charge in [-0.15, -0.1) is 0 Å². The zero-order valence-corrected chi connectivity index (χ0v) is 14.5. The molecule has 1 aliphatic rings. The molecule has 134 valence electrons. The maximum absolute atomic E-state index is 13.5. The fourth-order valence-electron chi connectivity index (χ4n) is 3.42. The van der Waals surface area contributed by atoms with Crippen LogP contribution in [0.4, 0.5) is 14.5 Å². The summed E-state index contributed by atoms with van der Waals surface area (Å²) in [7, 11) is 0. The number of benzene rings is 2. The molecule has 3 rings (SSSR count). The van der Waals surface area contributed by atoms with Crippen molar-refractivity contribution in [1.82, 2.24) is 5.32 Å². The summed E-state index contributed by atoms with van der Waals surface area (Å²) in [6.45, 7) is 2.88. The minimum atomic E-state index is -0.419. The van der Waals surface area contributed by atoms with E-state index >= 15 is 0 Å². The summed E-state index contributed by atoms with van der Waals surface area (Å²) in [5, 5.41) is 6.38. The Kier molecular flexibility index (Phi) is 6.40. The summed E-state index contributed by atoms with van der Waals surface area (Å²) in [5.74, 6) is -0.131. The molecule has 1 heterocycles. The topological polar surface area (TPSA) is 24.1 Å². The molecule has 0 saturated carbocycles. The molecular formula is C21H26F2N2. The molecule has 2 N–H and O–H groups in total. The van der Waals surface area contributed by atoms with Crippen LogP contribution in [-0.2, 0) is 6.42 Å². The third-order valence-electron chi connectivity index (χ3n) is 4.93. The second-order valence-electron chi connectivity index (χ2n) is 6.77. The van der Waals surface area contributed by atoms with Crippen LogP contribution in [0.3, 0.4) is 0 Å². The fourth-order valence-corrected chi connectivity index (χ4v) is 3.42. The molecule has 0 unspecified atom stereocenters. The largest absolute Gasteiger partial charge is 0.383 e. The van der Waals surface area contributed by atoms with Gasteiger partial charge in [0.25, 0.3) is 0 Å². The normalized spacial score (nSPS) is 15.3. The van der Waals surface area contributed by atoms with E-state index in [4.69, 9.17) is 0 Å². The van der Waals surface area contributed by atoms with Gasteiger partial charge in [0.1, 0.15) is 11.6 Å². The zero-order chi connectivity index (χ0) is 17.5. The van der Waals surface area contributed by atoms with Gasteiger partial charge >= 0.3 is 0 Å². The quantitative estimate of drug-likeness (QED) is 0.701. The van der Waals surface area contributed by atoms with E-state index < -0.39 is 11.6 Å². The first-order chi connectivity index (χ1) is 12.2. The van der Waals surface area contributed by atoms with Crippen LogP contribution in [-0.4, -0.2) is 19.6 Å². The van der Waals surface area contributed by atoms with E-state index in [0.29, 0.717) is 12.5 Å². The van der Waals surface area contributed by atoms with Gasteiger partial charge in [0.2, 0.25) is 0 Å². The minimum absolute atomic E-state index is 0.242. The van der Waals surface area contributed by atoms with Gasteiger partial charge in [-0.3, -0.25) is 0 Å². The average Bonchev–Trinajstić information content (AvgIpc) is 2.65. The summed E-state index contributed by atoms with van der Waals surface area (Å²) < 4.78 is 26.6. The zero-order valence-electron chi connectivity index (χ0n) is 14.5. The summed E-state index contributed by atoms with van der Waals surface area (Å²) in [6.07, 6.45) is 5.41. The SMILES string of the molecule is Fc1ccc(F)c(NCCCCc2ccc(C3CCNCC3)cc2)c1. The number of anilines is 1. The Labute approximate surface area is 148 Å². The van der Waals surface area contributed by atoms with Gasteiger partial charge in [0.05, 0.1) is 5.69 Å². The highest BCUT2D eigenvalue weighted by atomic mass is 19.1.